The molecular formula is C31H38N2O6. The van der Waals surface area contributed by atoms with Crippen molar-refractivity contribution in [3.05, 3.63) is 89.5 Å². The van der Waals surface area contributed by atoms with E-state index >= 15 is 0 Å². The molecule has 0 heterocycles. The molecule has 0 aromatic heterocycles. The Bertz CT molecular complexity index is 1180. The second-order valence-corrected chi connectivity index (χ2v) is 8.89. The zero-order chi connectivity index (χ0) is 28.0. The number of amides is 2. The van der Waals surface area contributed by atoms with Gasteiger partial charge < -0.3 is 29.2 Å². The third-order valence-corrected chi connectivity index (χ3v) is 6.28. The Morgan fingerprint density at radius 1 is 0.846 bits per heavy atom. The number of carbonyl (C=O) groups is 2. The van der Waals surface area contributed by atoms with E-state index in [1.54, 1.807) is 38.4 Å². The molecule has 1 N–H and O–H groups in total. The van der Waals surface area contributed by atoms with E-state index in [4.69, 9.17) is 18.9 Å². The van der Waals surface area contributed by atoms with Crippen LogP contribution in [0.1, 0.15) is 36.1 Å². The molecule has 0 bridgehead atoms. The van der Waals surface area contributed by atoms with Crippen molar-refractivity contribution in [3.8, 4) is 17.2 Å². The quantitative estimate of drug-likeness (QED) is 0.288. The van der Waals surface area contributed by atoms with Crippen LogP contribution in [0.25, 0.3) is 0 Å². The second kappa shape index (κ2) is 15.4. The summed E-state index contributed by atoms with van der Waals surface area (Å²) in [6.45, 7) is 3.80. The molecule has 0 fully saturated rings. The highest BCUT2D eigenvalue weighted by Crippen LogP contribution is 2.29. The Labute approximate surface area is 230 Å². The molecule has 1 atom stereocenters. The first kappa shape index (κ1) is 29.5. The molecule has 0 aliphatic carbocycles. The number of nitrogens with zero attached hydrogens (tertiary/aromatic N) is 1. The minimum absolute atomic E-state index is 0.0808. The first-order valence-corrected chi connectivity index (χ1v) is 13.0. The summed E-state index contributed by atoms with van der Waals surface area (Å²) in [5, 5.41) is 3.01. The number of nitrogens with one attached hydrogen (secondary N) is 1. The molecule has 2 amide bonds. The molecule has 0 spiro atoms. The molecule has 3 rings (SSSR count). The summed E-state index contributed by atoms with van der Waals surface area (Å²) in [5.74, 6) is 1.39. The molecule has 0 radical (unpaired) electrons. The Morgan fingerprint density at radius 3 is 2.18 bits per heavy atom. The van der Waals surface area contributed by atoms with Gasteiger partial charge in [-0.15, -0.1) is 0 Å². The smallest absolute Gasteiger partial charge is 0.247 e. The number of carbonyl (C=O) groups excluding carboxylic acids is 2. The van der Waals surface area contributed by atoms with Gasteiger partial charge in [0.1, 0.15) is 11.8 Å². The molecule has 3 aromatic carbocycles. The lowest BCUT2D eigenvalue weighted by Crippen LogP contribution is -2.44. The van der Waals surface area contributed by atoms with Crippen molar-refractivity contribution in [1.29, 1.82) is 0 Å². The van der Waals surface area contributed by atoms with Crippen molar-refractivity contribution < 1.29 is 28.5 Å². The van der Waals surface area contributed by atoms with Crippen LogP contribution in [0.5, 0.6) is 17.2 Å². The number of rotatable bonds is 15. The van der Waals surface area contributed by atoms with Gasteiger partial charge in [0.05, 0.1) is 27.8 Å². The van der Waals surface area contributed by atoms with Crippen molar-refractivity contribution in [1.82, 2.24) is 10.2 Å². The zero-order valence-corrected chi connectivity index (χ0v) is 23.1. The fourth-order valence-electron chi connectivity index (χ4n) is 4.25. The third-order valence-electron chi connectivity index (χ3n) is 6.28. The summed E-state index contributed by atoms with van der Waals surface area (Å²) in [6, 6.07) is 21.4. The summed E-state index contributed by atoms with van der Waals surface area (Å²) in [6.07, 6.45) is 0.761. The van der Waals surface area contributed by atoms with Gasteiger partial charge in [-0.1, -0.05) is 48.5 Å². The maximum atomic E-state index is 14.0. The van der Waals surface area contributed by atoms with Crippen LogP contribution in [-0.2, 0) is 27.3 Å². The maximum Gasteiger partial charge on any atom is 0.247 e. The van der Waals surface area contributed by atoms with Gasteiger partial charge in [0.15, 0.2) is 11.5 Å². The number of hydrogen-bond acceptors (Lipinski definition) is 6. The van der Waals surface area contributed by atoms with Gasteiger partial charge in [0.2, 0.25) is 11.8 Å². The van der Waals surface area contributed by atoms with E-state index in [1.165, 1.54) is 0 Å². The van der Waals surface area contributed by atoms with Gasteiger partial charge >= 0.3 is 0 Å². The molecular weight excluding hydrogens is 496 g/mol. The molecule has 3 aromatic rings. The van der Waals surface area contributed by atoms with Crippen LogP contribution in [0.15, 0.2) is 72.8 Å². The SMILES string of the molecule is CCOCCCNC(=O)C(c1ccccc1)N(Cc1ccc(OC)cc1)C(=O)Cc1ccc(OC)c(OC)c1. The highest BCUT2D eigenvalue weighted by molar-refractivity contribution is 5.89. The molecule has 39 heavy (non-hydrogen) atoms. The topological polar surface area (TPSA) is 86.3 Å². The number of methoxy groups -OCH3 is 3. The molecule has 0 saturated heterocycles. The normalized spacial score (nSPS) is 11.4. The van der Waals surface area contributed by atoms with E-state index in [0.717, 1.165) is 16.7 Å². The van der Waals surface area contributed by atoms with E-state index in [-0.39, 0.29) is 24.8 Å². The molecule has 1 unspecified atom stereocenters. The highest BCUT2D eigenvalue weighted by atomic mass is 16.5. The molecule has 8 heteroatoms. The van der Waals surface area contributed by atoms with Crippen LogP contribution < -0.4 is 19.5 Å². The average molecular weight is 535 g/mol. The lowest BCUT2D eigenvalue weighted by atomic mass is 10.0. The zero-order valence-electron chi connectivity index (χ0n) is 23.1. The molecule has 208 valence electrons. The van der Waals surface area contributed by atoms with Crippen molar-refractivity contribution in [3.63, 3.8) is 0 Å². The van der Waals surface area contributed by atoms with Crippen LogP contribution in [0.4, 0.5) is 0 Å². The highest BCUT2D eigenvalue weighted by Gasteiger charge is 2.31. The van der Waals surface area contributed by atoms with Gasteiger partial charge in [-0.25, -0.2) is 0 Å². The summed E-state index contributed by atoms with van der Waals surface area (Å²) < 4.78 is 21.5. The lowest BCUT2D eigenvalue weighted by molar-refractivity contribution is -0.141. The van der Waals surface area contributed by atoms with Crippen LogP contribution in [-0.4, -0.2) is 57.8 Å². The molecule has 0 aliphatic rings. The van der Waals surface area contributed by atoms with Crippen molar-refractivity contribution in [2.75, 3.05) is 41.1 Å². The fraction of sp³-hybridized carbons (Fsp3) is 0.355. The van der Waals surface area contributed by atoms with Crippen LogP contribution >= 0.6 is 0 Å². The Balaban J connectivity index is 1.94. The van der Waals surface area contributed by atoms with Crippen LogP contribution in [0, 0.1) is 0 Å². The van der Waals surface area contributed by atoms with E-state index in [1.807, 2.05) is 67.6 Å². The van der Waals surface area contributed by atoms with E-state index < -0.39 is 6.04 Å². The van der Waals surface area contributed by atoms with E-state index in [2.05, 4.69) is 5.32 Å². The minimum atomic E-state index is -0.826. The standard InChI is InChI=1S/C31H38N2O6/c1-5-39-19-9-18-32-31(35)30(25-10-7-6-8-11-25)33(22-23-12-15-26(36-2)16-13-23)29(34)21-24-14-17-27(37-3)28(20-24)38-4/h6-8,10-17,20,30H,5,9,18-19,21-22H2,1-4H3,(H,32,35). The summed E-state index contributed by atoms with van der Waals surface area (Å²) in [7, 11) is 4.73. The lowest BCUT2D eigenvalue weighted by Gasteiger charge is -2.32. The largest absolute Gasteiger partial charge is 0.497 e. The van der Waals surface area contributed by atoms with Gasteiger partial charge in [-0.05, 0) is 54.3 Å². The van der Waals surface area contributed by atoms with Crippen molar-refractivity contribution >= 4 is 11.8 Å². The van der Waals surface area contributed by atoms with E-state index in [0.29, 0.717) is 43.4 Å². The number of benzene rings is 3. The second-order valence-electron chi connectivity index (χ2n) is 8.89. The summed E-state index contributed by atoms with van der Waals surface area (Å²) in [4.78, 5) is 29.2. The molecule has 0 saturated carbocycles. The predicted molar refractivity (Wildman–Crippen MR) is 150 cm³/mol. The number of hydrogen-bond donors (Lipinski definition) is 1. The predicted octanol–water partition coefficient (Wildman–Crippen LogP) is 4.57. The van der Waals surface area contributed by atoms with Crippen LogP contribution in [0.2, 0.25) is 0 Å². The van der Waals surface area contributed by atoms with Gasteiger partial charge in [-0.2, -0.15) is 0 Å². The van der Waals surface area contributed by atoms with Gasteiger partial charge in [-0.3, -0.25) is 9.59 Å². The molecule has 8 nitrogen and oxygen atoms in total. The van der Waals surface area contributed by atoms with Crippen molar-refractivity contribution in [2.45, 2.75) is 32.4 Å². The monoisotopic (exact) mass is 534 g/mol. The van der Waals surface area contributed by atoms with Gasteiger partial charge in [0, 0.05) is 26.3 Å². The fourth-order valence-corrected chi connectivity index (χ4v) is 4.25. The molecule has 0 aliphatic heterocycles. The Morgan fingerprint density at radius 2 is 1.54 bits per heavy atom. The van der Waals surface area contributed by atoms with Crippen LogP contribution in [0.3, 0.4) is 0 Å². The van der Waals surface area contributed by atoms with Crippen molar-refractivity contribution in [2.24, 2.45) is 0 Å². The average Bonchev–Trinajstić information content (AvgIpc) is 2.97. The van der Waals surface area contributed by atoms with Gasteiger partial charge in [0.25, 0.3) is 0 Å². The Kier molecular flexibility index (Phi) is 11.6. The first-order valence-electron chi connectivity index (χ1n) is 13.0. The number of ether oxygens (including phenoxy) is 4. The minimum Gasteiger partial charge on any atom is -0.497 e. The summed E-state index contributed by atoms with van der Waals surface area (Å²) in [5.41, 5.74) is 2.36. The third kappa shape index (κ3) is 8.48. The summed E-state index contributed by atoms with van der Waals surface area (Å²) >= 11 is 0. The maximum absolute atomic E-state index is 14.0. The Hall–Kier alpha value is -4.04. The van der Waals surface area contributed by atoms with E-state index in [9.17, 15) is 9.59 Å². The first-order chi connectivity index (χ1) is 19.0.